The molecule has 2 rings (SSSR count). The lowest BCUT2D eigenvalue weighted by Crippen LogP contribution is -2.14. The summed E-state index contributed by atoms with van der Waals surface area (Å²) in [5, 5.41) is 1.33. The molecule has 16 heavy (non-hydrogen) atoms. The first-order valence-electron chi connectivity index (χ1n) is 5.66. The average Bonchev–Trinajstić information content (AvgIpc) is 2.57. The van der Waals surface area contributed by atoms with Crippen LogP contribution in [0.15, 0.2) is 28.9 Å². The van der Waals surface area contributed by atoms with Gasteiger partial charge in [0.15, 0.2) is 0 Å². The molecule has 1 unspecified atom stereocenters. The molecule has 1 atom stereocenters. The molecule has 0 aliphatic carbocycles. The summed E-state index contributed by atoms with van der Waals surface area (Å²) in [6.07, 6.45) is 2.15. The molecule has 2 heteroatoms. The van der Waals surface area contributed by atoms with Crippen LogP contribution in [0.4, 0.5) is 0 Å². The number of aromatic amines is 1. The van der Waals surface area contributed by atoms with Crippen molar-refractivity contribution in [2.75, 3.05) is 0 Å². The molecule has 0 fully saturated rings. The van der Waals surface area contributed by atoms with Gasteiger partial charge in [0.1, 0.15) is 0 Å². The van der Waals surface area contributed by atoms with Crippen LogP contribution < -0.4 is 0 Å². The van der Waals surface area contributed by atoms with Crippen molar-refractivity contribution in [1.82, 2.24) is 4.98 Å². The van der Waals surface area contributed by atoms with Crippen LogP contribution in [0, 0.1) is 5.41 Å². The standard InChI is InChI=1S/C14H18BrN/c1-9(14(2,3)4)12-8-16-13-6-5-10(15)7-11(12)13/h5-9,16H,1-4H3. The van der Waals surface area contributed by atoms with Crippen LogP contribution in [0.5, 0.6) is 0 Å². The summed E-state index contributed by atoms with van der Waals surface area (Å²) in [7, 11) is 0. The number of halogens is 1. The van der Waals surface area contributed by atoms with E-state index in [1.54, 1.807) is 0 Å². The van der Waals surface area contributed by atoms with Crippen molar-refractivity contribution in [3.8, 4) is 0 Å². The highest BCUT2D eigenvalue weighted by molar-refractivity contribution is 9.10. The van der Waals surface area contributed by atoms with E-state index >= 15 is 0 Å². The zero-order chi connectivity index (χ0) is 11.9. The van der Waals surface area contributed by atoms with Gasteiger partial charge >= 0.3 is 0 Å². The molecule has 0 bridgehead atoms. The van der Waals surface area contributed by atoms with Gasteiger partial charge in [0.2, 0.25) is 0 Å². The zero-order valence-electron chi connectivity index (χ0n) is 10.3. The molecule has 0 saturated heterocycles. The third kappa shape index (κ3) is 2.03. The van der Waals surface area contributed by atoms with Gasteiger partial charge in [-0.15, -0.1) is 0 Å². The van der Waals surface area contributed by atoms with Gasteiger partial charge in [-0.05, 0) is 35.1 Å². The van der Waals surface area contributed by atoms with Crippen molar-refractivity contribution in [2.45, 2.75) is 33.6 Å². The minimum absolute atomic E-state index is 0.289. The second kappa shape index (κ2) is 3.92. The van der Waals surface area contributed by atoms with Crippen LogP contribution >= 0.6 is 15.9 Å². The van der Waals surface area contributed by atoms with Gasteiger partial charge < -0.3 is 4.98 Å². The van der Waals surface area contributed by atoms with E-state index in [1.165, 1.54) is 16.5 Å². The lowest BCUT2D eigenvalue weighted by molar-refractivity contribution is 0.341. The van der Waals surface area contributed by atoms with Crippen molar-refractivity contribution >= 4 is 26.8 Å². The highest BCUT2D eigenvalue weighted by Gasteiger charge is 2.23. The average molecular weight is 280 g/mol. The van der Waals surface area contributed by atoms with Gasteiger partial charge in [0.05, 0.1) is 0 Å². The number of aromatic nitrogens is 1. The summed E-state index contributed by atoms with van der Waals surface area (Å²) in [6.45, 7) is 9.15. The van der Waals surface area contributed by atoms with Crippen molar-refractivity contribution in [1.29, 1.82) is 0 Å². The summed E-state index contributed by atoms with van der Waals surface area (Å²) in [5.74, 6) is 0.538. The highest BCUT2D eigenvalue weighted by atomic mass is 79.9. The third-order valence-corrected chi connectivity index (χ3v) is 3.93. The quantitative estimate of drug-likeness (QED) is 0.749. The van der Waals surface area contributed by atoms with Gasteiger partial charge in [-0.25, -0.2) is 0 Å². The van der Waals surface area contributed by atoms with E-state index < -0.39 is 0 Å². The molecule has 0 spiro atoms. The van der Waals surface area contributed by atoms with Crippen molar-refractivity contribution < 1.29 is 0 Å². The molecule has 1 nitrogen and oxygen atoms in total. The smallest absolute Gasteiger partial charge is 0.0457 e. The summed E-state index contributed by atoms with van der Waals surface area (Å²) < 4.78 is 1.14. The summed E-state index contributed by atoms with van der Waals surface area (Å²) in [5.41, 5.74) is 2.91. The maximum Gasteiger partial charge on any atom is 0.0457 e. The number of nitrogens with one attached hydrogen (secondary N) is 1. The molecule has 1 N–H and O–H groups in total. The summed E-state index contributed by atoms with van der Waals surface area (Å²) in [6, 6.07) is 6.39. The van der Waals surface area contributed by atoms with Crippen molar-refractivity contribution in [2.24, 2.45) is 5.41 Å². The Labute approximate surface area is 105 Å². The Hall–Kier alpha value is -0.760. The first-order chi connectivity index (χ1) is 7.39. The van der Waals surface area contributed by atoms with Gasteiger partial charge in [-0.2, -0.15) is 0 Å². The molecule has 0 aliphatic heterocycles. The number of benzene rings is 1. The van der Waals surface area contributed by atoms with E-state index in [9.17, 15) is 0 Å². The number of rotatable bonds is 1. The normalized spacial score (nSPS) is 14.3. The second-order valence-electron chi connectivity index (χ2n) is 5.52. The Morgan fingerprint density at radius 2 is 1.94 bits per heavy atom. The van der Waals surface area contributed by atoms with Crippen LogP contribution in [-0.4, -0.2) is 4.98 Å². The van der Waals surface area contributed by atoms with Crippen molar-refractivity contribution in [3.05, 3.63) is 34.4 Å². The molecule has 1 aromatic heterocycles. The molecule has 2 aromatic rings. The predicted molar refractivity (Wildman–Crippen MR) is 73.9 cm³/mol. The fourth-order valence-electron chi connectivity index (χ4n) is 1.94. The fourth-order valence-corrected chi connectivity index (χ4v) is 2.30. The Kier molecular flexibility index (Phi) is 2.87. The fraction of sp³-hybridized carbons (Fsp3) is 0.429. The first kappa shape index (κ1) is 11.7. The summed E-state index contributed by atoms with van der Waals surface area (Å²) >= 11 is 3.54. The van der Waals surface area contributed by atoms with E-state index in [-0.39, 0.29) is 5.41 Å². The maximum atomic E-state index is 3.54. The van der Waals surface area contributed by atoms with E-state index in [2.05, 4.69) is 73.0 Å². The Morgan fingerprint density at radius 1 is 1.25 bits per heavy atom. The Morgan fingerprint density at radius 3 is 2.56 bits per heavy atom. The van der Waals surface area contributed by atoms with E-state index in [4.69, 9.17) is 0 Å². The van der Waals surface area contributed by atoms with Gasteiger partial charge in [0, 0.05) is 21.6 Å². The largest absolute Gasteiger partial charge is 0.361 e. The molecule has 86 valence electrons. The second-order valence-corrected chi connectivity index (χ2v) is 6.44. The van der Waals surface area contributed by atoms with E-state index in [0.717, 1.165) is 4.47 Å². The van der Waals surface area contributed by atoms with Gasteiger partial charge in [-0.1, -0.05) is 43.6 Å². The van der Waals surface area contributed by atoms with Crippen LogP contribution in [-0.2, 0) is 0 Å². The Balaban J connectivity index is 2.57. The molecule has 0 aliphatic rings. The highest BCUT2D eigenvalue weighted by Crippen LogP contribution is 2.38. The molecular weight excluding hydrogens is 262 g/mol. The molecule has 1 aromatic carbocycles. The zero-order valence-corrected chi connectivity index (χ0v) is 11.9. The van der Waals surface area contributed by atoms with Crippen LogP contribution in [0.3, 0.4) is 0 Å². The minimum atomic E-state index is 0.289. The van der Waals surface area contributed by atoms with Gasteiger partial charge in [0.25, 0.3) is 0 Å². The first-order valence-corrected chi connectivity index (χ1v) is 6.45. The number of hydrogen-bond acceptors (Lipinski definition) is 0. The van der Waals surface area contributed by atoms with E-state index in [1.807, 2.05) is 0 Å². The van der Waals surface area contributed by atoms with Crippen LogP contribution in [0.2, 0.25) is 0 Å². The third-order valence-electron chi connectivity index (χ3n) is 3.44. The van der Waals surface area contributed by atoms with Crippen LogP contribution in [0.1, 0.15) is 39.2 Å². The molecule has 0 saturated carbocycles. The number of hydrogen-bond donors (Lipinski definition) is 1. The lowest BCUT2D eigenvalue weighted by Gasteiger charge is -2.27. The summed E-state index contributed by atoms with van der Waals surface area (Å²) in [4.78, 5) is 3.35. The lowest BCUT2D eigenvalue weighted by atomic mass is 9.78. The molecular formula is C14H18BrN. The molecule has 0 radical (unpaired) electrons. The Bertz CT molecular complexity index is 505. The SMILES string of the molecule is CC(c1c[nH]c2ccc(Br)cc12)C(C)(C)C. The van der Waals surface area contributed by atoms with Crippen LogP contribution in [0.25, 0.3) is 10.9 Å². The molecule has 0 amide bonds. The topological polar surface area (TPSA) is 15.8 Å². The molecule has 1 heterocycles. The van der Waals surface area contributed by atoms with Crippen molar-refractivity contribution in [3.63, 3.8) is 0 Å². The predicted octanol–water partition coefficient (Wildman–Crippen LogP) is 5.08. The van der Waals surface area contributed by atoms with E-state index in [0.29, 0.717) is 5.92 Å². The van der Waals surface area contributed by atoms with Gasteiger partial charge in [-0.3, -0.25) is 0 Å². The number of H-pyrrole nitrogens is 1. The maximum absolute atomic E-state index is 3.54. The monoisotopic (exact) mass is 279 g/mol. The number of fused-ring (bicyclic) bond motifs is 1. The minimum Gasteiger partial charge on any atom is -0.361 e.